The number of nitrogens with one attached hydrogen (secondary N) is 1. The molecule has 0 radical (unpaired) electrons. The summed E-state index contributed by atoms with van der Waals surface area (Å²) in [6, 6.07) is 11.0. The van der Waals surface area contributed by atoms with Crippen LogP contribution >= 0.6 is 0 Å². The SMILES string of the molecule is CC1(c2cc3ccccc3o2)NC(=O)N(Cc2cc([N+](=O)[O-])cc3c2OCOC3)C1=O. The summed E-state index contributed by atoms with van der Waals surface area (Å²) in [5, 5.41) is 14.8. The number of furan rings is 1. The van der Waals surface area contributed by atoms with Crippen LogP contribution in [0, 0.1) is 10.1 Å². The van der Waals surface area contributed by atoms with Crippen LogP contribution in [0.3, 0.4) is 0 Å². The van der Waals surface area contributed by atoms with Gasteiger partial charge in [-0.25, -0.2) is 4.79 Å². The van der Waals surface area contributed by atoms with Gasteiger partial charge in [0.2, 0.25) is 0 Å². The van der Waals surface area contributed by atoms with E-state index in [4.69, 9.17) is 13.9 Å². The molecule has 10 nitrogen and oxygen atoms in total. The fraction of sp³-hybridized carbons (Fsp3) is 0.238. The van der Waals surface area contributed by atoms with Crippen LogP contribution in [0.25, 0.3) is 11.0 Å². The number of benzene rings is 2. The fourth-order valence-electron chi connectivity index (χ4n) is 3.91. The summed E-state index contributed by atoms with van der Waals surface area (Å²) in [5.41, 5.74) is -0.136. The zero-order chi connectivity index (χ0) is 21.8. The quantitative estimate of drug-likeness (QED) is 0.388. The number of imide groups is 1. The molecule has 1 aromatic heterocycles. The number of nitrogens with zero attached hydrogens (tertiary/aromatic N) is 2. The van der Waals surface area contributed by atoms with Crippen molar-refractivity contribution in [1.82, 2.24) is 10.2 Å². The number of hydrogen-bond donors (Lipinski definition) is 1. The highest BCUT2D eigenvalue weighted by atomic mass is 16.7. The van der Waals surface area contributed by atoms with Gasteiger partial charge in [0.1, 0.15) is 17.1 Å². The third-order valence-electron chi connectivity index (χ3n) is 5.50. The summed E-state index contributed by atoms with van der Waals surface area (Å²) in [4.78, 5) is 37.8. The van der Waals surface area contributed by atoms with E-state index in [2.05, 4.69) is 5.32 Å². The van der Waals surface area contributed by atoms with Crippen LogP contribution in [0.2, 0.25) is 0 Å². The second kappa shape index (κ2) is 6.81. The summed E-state index contributed by atoms with van der Waals surface area (Å²) < 4.78 is 16.5. The lowest BCUT2D eigenvalue weighted by atomic mass is 9.98. The predicted molar refractivity (Wildman–Crippen MR) is 106 cm³/mol. The number of rotatable bonds is 4. The Bertz CT molecular complexity index is 1220. The van der Waals surface area contributed by atoms with E-state index in [1.807, 2.05) is 18.2 Å². The van der Waals surface area contributed by atoms with Crippen LogP contribution in [0.1, 0.15) is 23.8 Å². The van der Waals surface area contributed by atoms with Gasteiger partial charge in [0.25, 0.3) is 11.6 Å². The van der Waals surface area contributed by atoms with Gasteiger partial charge in [0.15, 0.2) is 12.3 Å². The first kappa shape index (κ1) is 19.1. The van der Waals surface area contributed by atoms with Crippen LogP contribution in [0.15, 0.2) is 46.9 Å². The highest BCUT2D eigenvalue weighted by Gasteiger charge is 2.51. The maximum Gasteiger partial charge on any atom is 0.325 e. The molecule has 10 heteroatoms. The van der Waals surface area contributed by atoms with Gasteiger partial charge in [-0.05, 0) is 19.1 Å². The Morgan fingerprint density at radius 3 is 2.81 bits per heavy atom. The Hall–Kier alpha value is -3.92. The molecule has 1 saturated heterocycles. The number of amides is 3. The maximum absolute atomic E-state index is 13.3. The summed E-state index contributed by atoms with van der Waals surface area (Å²) in [6.45, 7) is 1.50. The number of nitro groups is 1. The van der Waals surface area contributed by atoms with Crippen LogP contribution in [-0.2, 0) is 28.2 Å². The van der Waals surface area contributed by atoms with Crippen molar-refractivity contribution >= 4 is 28.6 Å². The minimum atomic E-state index is -1.40. The Morgan fingerprint density at radius 2 is 2.03 bits per heavy atom. The number of ether oxygens (including phenoxy) is 2. The molecule has 2 aromatic carbocycles. The van der Waals surface area contributed by atoms with Gasteiger partial charge in [-0.1, -0.05) is 18.2 Å². The molecule has 5 rings (SSSR count). The zero-order valence-electron chi connectivity index (χ0n) is 16.4. The first-order valence-corrected chi connectivity index (χ1v) is 9.51. The molecule has 0 aliphatic carbocycles. The minimum Gasteiger partial charge on any atom is -0.467 e. The molecule has 0 saturated carbocycles. The summed E-state index contributed by atoms with van der Waals surface area (Å²) in [6.07, 6.45) is 0. The lowest BCUT2D eigenvalue weighted by molar-refractivity contribution is -0.385. The topological polar surface area (TPSA) is 124 Å². The van der Waals surface area contributed by atoms with E-state index < -0.39 is 22.4 Å². The molecule has 0 bridgehead atoms. The van der Waals surface area contributed by atoms with E-state index in [-0.39, 0.29) is 25.6 Å². The van der Waals surface area contributed by atoms with Crippen molar-refractivity contribution < 1.29 is 28.4 Å². The molecule has 3 aromatic rings. The monoisotopic (exact) mass is 423 g/mol. The van der Waals surface area contributed by atoms with Crippen molar-refractivity contribution in [3.63, 3.8) is 0 Å². The molecular formula is C21H17N3O7. The average Bonchev–Trinajstić information content (AvgIpc) is 3.29. The Kier molecular flexibility index (Phi) is 4.19. The van der Waals surface area contributed by atoms with Crippen LogP contribution < -0.4 is 10.1 Å². The maximum atomic E-state index is 13.3. The number of carbonyl (C=O) groups is 2. The standard InChI is InChI=1S/C21H17N3O7/c1-21(17-8-12-4-2-3-5-16(12)31-17)19(25)23(20(26)22-21)9-13-6-15(24(27)28)7-14-10-29-11-30-18(13)14/h2-8H,9-11H2,1H3,(H,22,26). The van der Waals surface area contributed by atoms with E-state index in [0.717, 1.165) is 10.3 Å². The number of hydrogen-bond acceptors (Lipinski definition) is 7. The zero-order valence-corrected chi connectivity index (χ0v) is 16.4. The van der Waals surface area contributed by atoms with Crippen molar-refractivity contribution in [1.29, 1.82) is 0 Å². The smallest absolute Gasteiger partial charge is 0.325 e. The van der Waals surface area contributed by atoms with Crippen LogP contribution in [0.4, 0.5) is 10.5 Å². The highest BCUT2D eigenvalue weighted by molar-refractivity contribution is 6.07. The van der Waals surface area contributed by atoms with Gasteiger partial charge in [-0.3, -0.25) is 19.8 Å². The van der Waals surface area contributed by atoms with Gasteiger partial charge < -0.3 is 19.2 Å². The molecule has 1 atom stereocenters. The van der Waals surface area contributed by atoms with E-state index in [9.17, 15) is 19.7 Å². The Balaban J connectivity index is 1.51. The predicted octanol–water partition coefficient (Wildman–Crippen LogP) is 3.17. The second-order valence-electron chi connectivity index (χ2n) is 7.56. The number of para-hydroxylation sites is 1. The first-order valence-electron chi connectivity index (χ1n) is 9.51. The number of nitro benzene ring substituents is 1. The van der Waals surface area contributed by atoms with Gasteiger partial charge in [-0.2, -0.15) is 0 Å². The van der Waals surface area contributed by atoms with Crippen LogP contribution in [-0.4, -0.2) is 28.6 Å². The van der Waals surface area contributed by atoms with Crippen LogP contribution in [0.5, 0.6) is 5.75 Å². The highest BCUT2D eigenvalue weighted by Crippen LogP contribution is 2.37. The summed E-state index contributed by atoms with van der Waals surface area (Å²) in [5.74, 6) is 0.166. The first-order chi connectivity index (χ1) is 14.9. The van der Waals surface area contributed by atoms with Crippen molar-refractivity contribution in [2.24, 2.45) is 0 Å². The van der Waals surface area contributed by atoms with Gasteiger partial charge in [-0.15, -0.1) is 0 Å². The molecule has 3 amide bonds. The summed E-state index contributed by atoms with van der Waals surface area (Å²) in [7, 11) is 0. The van der Waals surface area contributed by atoms with Crippen molar-refractivity contribution in [3.05, 3.63) is 69.5 Å². The van der Waals surface area contributed by atoms with E-state index in [0.29, 0.717) is 28.2 Å². The van der Waals surface area contributed by atoms with E-state index in [1.165, 1.54) is 12.1 Å². The lowest BCUT2D eigenvalue weighted by Gasteiger charge is -2.23. The van der Waals surface area contributed by atoms with Crippen molar-refractivity contribution in [3.8, 4) is 5.75 Å². The average molecular weight is 423 g/mol. The molecule has 158 valence electrons. The lowest BCUT2D eigenvalue weighted by Crippen LogP contribution is -2.40. The second-order valence-corrected chi connectivity index (χ2v) is 7.56. The third-order valence-corrected chi connectivity index (χ3v) is 5.50. The number of non-ortho nitro benzene ring substituents is 1. The minimum absolute atomic E-state index is 0.0192. The molecule has 1 fully saturated rings. The molecule has 0 spiro atoms. The normalized spacial score (nSPS) is 20.5. The molecule has 2 aliphatic rings. The summed E-state index contributed by atoms with van der Waals surface area (Å²) >= 11 is 0. The van der Waals surface area contributed by atoms with Gasteiger partial charge in [0, 0.05) is 28.6 Å². The van der Waals surface area contributed by atoms with E-state index >= 15 is 0 Å². The van der Waals surface area contributed by atoms with Gasteiger partial charge in [0.05, 0.1) is 18.1 Å². The molecule has 1 N–H and O–H groups in total. The number of urea groups is 1. The number of fused-ring (bicyclic) bond motifs is 2. The Morgan fingerprint density at radius 1 is 1.23 bits per heavy atom. The van der Waals surface area contributed by atoms with E-state index in [1.54, 1.807) is 19.1 Å². The van der Waals surface area contributed by atoms with Crippen molar-refractivity contribution in [2.75, 3.05) is 6.79 Å². The van der Waals surface area contributed by atoms with Crippen molar-refractivity contribution in [2.45, 2.75) is 25.6 Å². The fourth-order valence-corrected chi connectivity index (χ4v) is 3.91. The molecule has 1 unspecified atom stereocenters. The Labute approximate surface area is 175 Å². The molecule has 31 heavy (non-hydrogen) atoms. The molecule has 3 heterocycles. The largest absolute Gasteiger partial charge is 0.467 e. The number of carbonyl (C=O) groups excluding carboxylic acids is 2. The molecule has 2 aliphatic heterocycles. The van der Waals surface area contributed by atoms with Gasteiger partial charge >= 0.3 is 6.03 Å². The third kappa shape index (κ3) is 2.99. The molecular weight excluding hydrogens is 406 g/mol.